The van der Waals surface area contributed by atoms with Crippen LogP contribution in [0.4, 0.5) is 5.69 Å². The summed E-state index contributed by atoms with van der Waals surface area (Å²) < 4.78 is 36.4. The average Bonchev–Trinajstić information content (AvgIpc) is 3.04. The number of nitrogen functional groups attached to an aromatic ring is 1. The molecule has 2 heterocycles. The molecule has 0 aliphatic carbocycles. The summed E-state index contributed by atoms with van der Waals surface area (Å²) in [4.78, 5) is 22.7. The standard InChI is InChI=1S/C18H25NO5.C16H24N2O4/c1-3-4-5-13-6-7-14(10-16(13)19)15-11-22-18(23-12-15)24-17(20)8-9-21-2;1-11(18)8-12-2-4-13(5-3-12)14-9-20-16(21-10-14)22-15(19)6-7-17/h6-10,15,18H,3-5,11-12,19H2,1-2H3;2-5,11,14,16H,6-10,17-18H2,1H3/b9-8+;. The van der Waals surface area contributed by atoms with Crippen LogP contribution in [0.5, 0.6) is 0 Å². The summed E-state index contributed by atoms with van der Waals surface area (Å²) in [6.45, 7) is 4.20. The van der Waals surface area contributed by atoms with Crippen LogP contribution < -0.4 is 17.2 Å². The van der Waals surface area contributed by atoms with Gasteiger partial charge in [0.15, 0.2) is 0 Å². The number of carbonyl (C=O) groups is 2. The molecule has 0 amide bonds. The van der Waals surface area contributed by atoms with Crippen molar-refractivity contribution >= 4 is 17.6 Å². The van der Waals surface area contributed by atoms with Crippen molar-refractivity contribution in [3.63, 3.8) is 0 Å². The van der Waals surface area contributed by atoms with Gasteiger partial charge in [0.05, 0.1) is 52.3 Å². The fourth-order valence-electron chi connectivity index (χ4n) is 4.79. The molecule has 46 heavy (non-hydrogen) atoms. The molecule has 2 aliphatic rings. The largest absolute Gasteiger partial charge is 0.504 e. The topological polar surface area (TPSA) is 177 Å². The zero-order valence-electron chi connectivity index (χ0n) is 27.1. The first-order chi connectivity index (χ1) is 22.2. The van der Waals surface area contributed by atoms with Crippen molar-refractivity contribution in [2.75, 3.05) is 45.8 Å². The fraction of sp³-hybridized carbons (Fsp3) is 0.529. The van der Waals surface area contributed by atoms with Crippen molar-refractivity contribution < 1.29 is 42.7 Å². The molecule has 0 aromatic heterocycles. The van der Waals surface area contributed by atoms with Gasteiger partial charge in [0.25, 0.3) is 0 Å². The van der Waals surface area contributed by atoms with Gasteiger partial charge in [-0.05, 0) is 54.5 Å². The van der Waals surface area contributed by atoms with Gasteiger partial charge in [0, 0.05) is 30.1 Å². The third-order valence-corrected chi connectivity index (χ3v) is 7.31. The van der Waals surface area contributed by atoms with E-state index >= 15 is 0 Å². The maximum Gasteiger partial charge on any atom is 0.337 e. The van der Waals surface area contributed by atoms with E-state index in [-0.39, 0.29) is 30.8 Å². The number of unbranched alkanes of at least 4 members (excludes halogenated alkanes) is 1. The van der Waals surface area contributed by atoms with Gasteiger partial charge in [-0.25, -0.2) is 4.79 Å². The summed E-state index contributed by atoms with van der Waals surface area (Å²) in [6.07, 6.45) is 6.68. The van der Waals surface area contributed by atoms with Gasteiger partial charge in [-0.1, -0.05) is 49.7 Å². The molecule has 12 nitrogen and oxygen atoms in total. The Morgan fingerprint density at radius 2 is 1.52 bits per heavy atom. The second-order valence-electron chi connectivity index (χ2n) is 11.3. The molecule has 0 radical (unpaired) electrons. The van der Waals surface area contributed by atoms with E-state index in [1.165, 1.54) is 24.5 Å². The minimum atomic E-state index is -0.989. The van der Waals surface area contributed by atoms with Crippen LogP contribution in [0.1, 0.15) is 67.2 Å². The van der Waals surface area contributed by atoms with E-state index < -0.39 is 24.9 Å². The first-order valence-corrected chi connectivity index (χ1v) is 15.7. The van der Waals surface area contributed by atoms with Gasteiger partial charge >= 0.3 is 24.9 Å². The Balaban J connectivity index is 0.000000251. The molecule has 1 unspecified atom stereocenters. The Kier molecular flexibility index (Phi) is 16.0. The summed E-state index contributed by atoms with van der Waals surface area (Å²) in [5.74, 6) is -0.790. The molecule has 1 atom stereocenters. The summed E-state index contributed by atoms with van der Waals surface area (Å²) in [5, 5.41) is 0. The Hall–Kier alpha value is -3.52. The van der Waals surface area contributed by atoms with E-state index in [1.54, 1.807) is 0 Å². The number of rotatable bonds is 13. The number of esters is 2. The average molecular weight is 644 g/mol. The van der Waals surface area contributed by atoms with E-state index in [9.17, 15) is 9.59 Å². The Morgan fingerprint density at radius 3 is 2.07 bits per heavy atom. The highest BCUT2D eigenvalue weighted by Crippen LogP contribution is 2.27. The second kappa shape index (κ2) is 19.9. The lowest BCUT2D eigenvalue weighted by Gasteiger charge is -2.29. The smallest absolute Gasteiger partial charge is 0.337 e. The van der Waals surface area contributed by atoms with Gasteiger partial charge in [-0.15, -0.1) is 0 Å². The van der Waals surface area contributed by atoms with Crippen LogP contribution in [0.2, 0.25) is 0 Å². The summed E-state index contributed by atoms with van der Waals surface area (Å²) >= 11 is 0. The number of nitrogens with two attached hydrogens (primary N) is 3. The van der Waals surface area contributed by atoms with Crippen molar-refractivity contribution in [3.05, 3.63) is 77.1 Å². The zero-order chi connectivity index (χ0) is 33.3. The maximum absolute atomic E-state index is 11.4. The Bertz CT molecular complexity index is 1220. The van der Waals surface area contributed by atoms with Crippen molar-refractivity contribution in [2.45, 2.75) is 76.8 Å². The van der Waals surface area contributed by atoms with Gasteiger partial charge < -0.3 is 50.4 Å². The van der Waals surface area contributed by atoms with Gasteiger partial charge in [0.1, 0.15) is 0 Å². The van der Waals surface area contributed by atoms with E-state index in [0.29, 0.717) is 26.4 Å². The number of benzene rings is 2. The molecule has 0 saturated carbocycles. The number of carbonyl (C=O) groups excluding carboxylic acids is 2. The molecule has 0 bridgehead atoms. The molecule has 4 rings (SSSR count). The summed E-state index contributed by atoms with van der Waals surface area (Å²) in [7, 11) is 1.45. The van der Waals surface area contributed by atoms with Crippen LogP contribution in [-0.2, 0) is 55.6 Å². The van der Waals surface area contributed by atoms with Crippen molar-refractivity contribution in [2.24, 2.45) is 11.5 Å². The fourth-order valence-corrected chi connectivity index (χ4v) is 4.79. The highest BCUT2D eigenvalue weighted by Gasteiger charge is 2.27. The minimum absolute atomic E-state index is 0.0667. The Labute approximate surface area is 271 Å². The molecular weight excluding hydrogens is 594 g/mol. The van der Waals surface area contributed by atoms with Crippen molar-refractivity contribution in [3.8, 4) is 0 Å². The first kappa shape index (κ1) is 36.9. The molecule has 0 spiro atoms. The van der Waals surface area contributed by atoms with Gasteiger partial charge in [-0.3, -0.25) is 4.79 Å². The van der Waals surface area contributed by atoms with Gasteiger partial charge in [-0.2, -0.15) is 0 Å². The van der Waals surface area contributed by atoms with Crippen molar-refractivity contribution in [1.82, 2.24) is 0 Å². The molecule has 2 saturated heterocycles. The predicted molar refractivity (Wildman–Crippen MR) is 172 cm³/mol. The molecule has 2 aromatic rings. The van der Waals surface area contributed by atoms with Crippen molar-refractivity contribution in [1.29, 1.82) is 0 Å². The quantitative estimate of drug-likeness (QED) is 0.125. The predicted octanol–water partition coefficient (Wildman–Crippen LogP) is 3.61. The number of anilines is 1. The van der Waals surface area contributed by atoms with Crippen LogP contribution in [-0.4, -0.2) is 71.0 Å². The summed E-state index contributed by atoms with van der Waals surface area (Å²) in [5.41, 5.74) is 22.6. The number of hydrogen-bond donors (Lipinski definition) is 3. The molecule has 2 fully saturated rings. The molecule has 2 aliphatic heterocycles. The highest BCUT2D eigenvalue weighted by molar-refractivity contribution is 5.81. The number of methoxy groups -OCH3 is 1. The van der Waals surface area contributed by atoms with Crippen LogP contribution in [0.25, 0.3) is 0 Å². The molecule has 6 N–H and O–H groups in total. The van der Waals surface area contributed by atoms with Crippen LogP contribution in [0.3, 0.4) is 0 Å². The van der Waals surface area contributed by atoms with E-state index in [2.05, 4.69) is 48.1 Å². The van der Waals surface area contributed by atoms with E-state index in [1.807, 2.05) is 13.0 Å². The second-order valence-corrected chi connectivity index (χ2v) is 11.3. The molecule has 254 valence electrons. The lowest BCUT2D eigenvalue weighted by atomic mass is 9.96. The monoisotopic (exact) mass is 643 g/mol. The number of aryl methyl sites for hydroxylation is 1. The Morgan fingerprint density at radius 1 is 0.935 bits per heavy atom. The molecule has 2 aromatic carbocycles. The number of ether oxygens (including phenoxy) is 7. The maximum atomic E-state index is 11.4. The van der Waals surface area contributed by atoms with E-state index in [0.717, 1.165) is 48.6 Å². The SMILES string of the molecule is CC(N)Cc1ccc(C2COC(OC(=O)CCN)OC2)cc1.CCCCc1ccc(C2COC(OC(=O)/C=C/OC)OC2)cc1N. The van der Waals surface area contributed by atoms with E-state index in [4.69, 9.17) is 45.6 Å². The lowest BCUT2D eigenvalue weighted by Crippen LogP contribution is -2.34. The minimum Gasteiger partial charge on any atom is -0.504 e. The first-order valence-electron chi connectivity index (χ1n) is 15.7. The number of hydrogen-bond acceptors (Lipinski definition) is 12. The normalized spacial score (nSPS) is 21.9. The third-order valence-electron chi connectivity index (χ3n) is 7.31. The lowest BCUT2D eigenvalue weighted by molar-refractivity contribution is -0.301. The molecule has 12 heteroatoms. The van der Waals surface area contributed by atoms with Crippen LogP contribution >= 0.6 is 0 Å². The highest BCUT2D eigenvalue weighted by atomic mass is 16.9. The molecular formula is C34H49N3O9. The van der Waals surface area contributed by atoms with Crippen LogP contribution in [0, 0.1) is 0 Å². The third kappa shape index (κ3) is 12.7. The zero-order valence-corrected chi connectivity index (χ0v) is 27.1. The summed E-state index contributed by atoms with van der Waals surface area (Å²) in [6, 6.07) is 14.5. The van der Waals surface area contributed by atoms with Gasteiger partial charge in [0.2, 0.25) is 0 Å². The van der Waals surface area contributed by atoms with Crippen LogP contribution in [0.15, 0.2) is 54.8 Å².